The van der Waals surface area contributed by atoms with E-state index in [1.165, 1.54) is 10.4 Å². The summed E-state index contributed by atoms with van der Waals surface area (Å²) in [5, 5.41) is 11.6. The first kappa shape index (κ1) is 18.7. The van der Waals surface area contributed by atoms with E-state index in [9.17, 15) is 9.90 Å². The topological polar surface area (TPSA) is 59.0 Å². The van der Waals surface area contributed by atoms with E-state index in [4.69, 9.17) is 9.47 Å². The molecule has 1 N–H and O–H groups in total. The molecule has 0 amide bonds. The second kappa shape index (κ2) is 8.10. The van der Waals surface area contributed by atoms with E-state index in [2.05, 4.69) is 23.3 Å². The van der Waals surface area contributed by atoms with Crippen molar-refractivity contribution in [3.63, 3.8) is 0 Å². The van der Waals surface area contributed by atoms with Gasteiger partial charge in [-0.05, 0) is 61.5 Å². The Kier molecular flexibility index (Phi) is 5.84. The average Bonchev–Trinajstić information content (AvgIpc) is 3.07. The fraction of sp³-hybridized carbons (Fsp3) is 0.450. The highest BCUT2D eigenvalue weighted by Crippen LogP contribution is 2.41. The number of benzene rings is 1. The van der Waals surface area contributed by atoms with E-state index in [0.29, 0.717) is 6.54 Å². The Morgan fingerprint density at radius 1 is 1.31 bits per heavy atom. The summed E-state index contributed by atoms with van der Waals surface area (Å²) in [7, 11) is 3.32. The van der Waals surface area contributed by atoms with Crippen molar-refractivity contribution in [2.45, 2.75) is 25.8 Å². The van der Waals surface area contributed by atoms with Gasteiger partial charge in [0.2, 0.25) is 0 Å². The van der Waals surface area contributed by atoms with Crippen molar-refractivity contribution in [1.29, 1.82) is 0 Å². The number of ether oxygens (including phenoxy) is 2. The van der Waals surface area contributed by atoms with Gasteiger partial charge in [-0.15, -0.1) is 11.3 Å². The molecule has 0 saturated carbocycles. The molecule has 1 aromatic carbocycles. The number of likely N-dealkylation sites (tertiary alicyclic amines) is 1. The number of aliphatic carboxylic acids is 1. The molecule has 1 aliphatic rings. The number of carbonyl (C=O) groups is 1. The lowest BCUT2D eigenvalue weighted by Gasteiger charge is -2.37. The maximum absolute atomic E-state index is 11.6. The number of hydrogen-bond acceptors (Lipinski definition) is 5. The Bertz CT molecular complexity index is 773. The van der Waals surface area contributed by atoms with Crippen LogP contribution in [0, 0.1) is 12.8 Å². The van der Waals surface area contributed by atoms with Crippen LogP contribution in [0.15, 0.2) is 29.6 Å². The van der Waals surface area contributed by atoms with E-state index in [1.807, 2.05) is 18.2 Å². The van der Waals surface area contributed by atoms with E-state index in [1.54, 1.807) is 25.6 Å². The first-order chi connectivity index (χ1) is 12.5. The number of rotatable bonds is 6. The molecule has 0 aliphatic carbocycles. The second-order valence-corrected chi connectivity index (χ2v) is 7.60. The van der Waals surface area contributed by atoms with Crippen molar-refractivity contribution < 1.29 is 19.4 Å². The number of methoxy groups -OCH3 is 2. The smallest absolute Gasteiger partial charge is 0.307 e. The van der Waals surface area contributed by atoms with Crippen LogP contribution in [0.1, 0.15) is 34.9 Å². The molecule has 2 unspecified atom stereocenters. The number of thiophene rings is 1. The highest BCUT2D eigenvalue weighted by Gasteiger charge is 2.34. The van der Waals surface area contributed by atoms with Crippen LogP contribution in [0.5, 0.6) is 11.5 Å². The molecule has 6 heteroatoms. The van der Waals surface area contributed by atoms with E-state index < -0.39 is 5.97 Å². The van der Waals surface area contributed by atoms with Crippen LogP contribution in [0.2, 0.25) is 0 Å². The minimum Gasteiger partial charge on any atom is -0.497 e. The van der Waals surface area contributed by atoms with Crippen LogP contribution in [0.25, 0.3) is 0 Å². The SMILES string of the molecule is COc1ccc(OC)c(C(c2sccc2C)N2CCCC(C(=O)O)C2)c1. The van der Waals surface area contributed by atoms with Gasteiger partial charge in [-0.1, -0.05) is 0 Å². The fourth-order valence-corrected chi connectivity index (χ4v) is 4.74. The third-order valence-corrected chi connectivity index (χ3v) is 6.12. The highest BCUT2D eigenvalue weighted by molar-refractivity contribution is 7.10. The molecule has 3 rings (SSSR count). The molecular formula is C20H25NO4S. The van der Waals surface area contributed by atoms with E-state index >= 15 is 0 Å². The van der Waals surface area contributed by atoms with Crippen molar-refractivity contribution in [2.75, 3.05) is 27.3 Å². The first-order valence-electron chi connectivity index (χ1n) is 8.78. The number of aryl methyl sites for hydroxylation is 1. The molecule has 1 saturated heterocycles. The molecule has 2 aromatic rings. The molecular weight excluding hydrogens is 350 g/mol. The van der Waals surface area contributed by atoms with Crippen molar-refractivity contribution in [3.8, 4) is 11.5 Å². The van der Waals surface area contributed by atoms with Crippen molar-refractivity contribution in [1.82, 2.24) is 4.90 Å². The lowest BCUT2D eigenvalue weighted by molar-refractivity contribution is -0.143. The van der Waals surface area contributed by atoms with Gasteiger partial charge >= 0.3 is 5.97 Å². The normalized spacial score (nSPS) is 19.1. The summed E-state index contributed by atoms with van der Waals surface area (Å²) in [4.78, 5) is 15.1. The number of carboxylic acid groups (broad SMARTS) is 1. The lowest BCUT2D eigenvalue weighted by Crippen LogP contribution is -2.41. The van der Waals surface area contributed by atoms with Gasteiger partial charge in [0, 0.05) is 17.0 Å². The molecule has 2 atom stereocenters. The zero-order valence-corrected chi connectivity index (χ0v) is 16.2. The Morgan fingerprint density at radius 3 is 2.73 bits per heavy atom. The summed E-state index contributed by atoms with van der Waals surface area (Å²) < 4.78 is 11.1. The molecule has 0 spiro atoms. The Morgan fingerprint density at radius 2 is 2.12 bits per heavy atom. The fourth-order valence-electron chi connectivity index (χ4n) is 3.66. The monoisotopic (exact) mass is 375 g/mol. The summed E-state index contributed by atoms with van der Waals surface area (Å²) in [6, 6.07) is 7.88. The zero-order chi connectivity index (χ0) is 18.7. The minimum atomic E-state index is -0.714. The summed E-state index contributed by atoms with van der Waals surface area (Å²) in [6.07, 6.45) is 1.61. The Hall–Kier alpha value is -2.05. The third-order valence-electron chi connectivity index (χ3n) is 5.05. The predicted molar refractivity (Wildman–Crippen MR) is 102 cm³/mol. The van der Waals surface area contributed by atoms with Gasteiger partial charge in [-0.3, -0.25) is 9.69 Å². The van der Waals surface area contributed by atoms with Crippen molar-refractivity contribution >= 4 is 17.3 Å². The van der Waals surface area contributed by atoms with Gasteiger partial charge in [-0.2, -0.15) is 0 Å². The highest BCUT2D eigenvalue weighted by atomic mass is 32.1. The standard InChI is InChI=1S/C20H25NO4S/c1-13-8-10-26-19(13)18(21-9-4-5-14(12-21)20(22)23)16-11-15(24-2)6-7-17(16)25-3/h6-8,10-11,14,18H,4-5,9,12H2,1-3H3,(H,22,23). The van der Waals surface area contributed by atoms with Crippen LogP contribution >= 0.6 is 11.3 Å². The van der Waals surface area contributed by atoms with Gasteiger partial charge < -0.3 is 14.6 Å². The van der Waals surface area contributed by atoms with Crippen LogP contribution < -0.4 is 9.47 Å². The summed E-state index contributed by atoms with van der Waals surface area (Å²) >= 11 is 1.70. The van der Waals surface area contributed by atoms with Gasteiger partial charge in [0.1, 0.15) is 11.5 Å². The number of hydrogen-bond donors (Lipinski definition) is 1. The zero-order valence-electron chi connectivity index (χ0n) is 15.4. The molecule has 0 radical (unpaired) electrons. The summed E-state index contributed by atoms with van der Waals surface area (Å²) in [5.74, 6) is 0.518. The first-order valence-corrected chi connectivity index (χ1v) is 9.66. The summed E-state index contributed by atoms with van der Waals surface area (Å²) in [6.45, 7) is 3.51. The van der Waals surface area contributed by atoms with Gasteiger partial charge in [0.05, 0.1) is 26.2 Å². The second-order valence-electron chi connectivity index (χ2n) is 6.65. The van der Waals surface area contributed by atoms with E-state index in [0.717, 1.165) is 36.4 Å². The number of nitrogens with zero attached hydrogens (tertiary/aromatic N) is 1. The average molecular weight is 375 g/mol. The predicted octanol–water partition coefficient (Wildman–Crippen LogP) is 3.96. The van der Waals surface area contributed by atoms with Crippen molar-refractivity contribution in [2.24, 2.45) is 5.92 Å². The molecule has 1 aromatic heterocycles. The Labute approximate surface area is 158 Å². The Balaban J connectivity index is 2.08. The minimum absolute atomic E-state index is 0.0396. The molecule has 0 bridgehead atoms. The quantitative estimate of drug-likeness (QED) is 0.828. The molecule has 140 valence electrons. The van der Waals surface area contributed by atoms with Gasteiger partial charge in [-0.25, -0.2) is 0 Å². The summed E-state index contributed by atoms with van der Waals surface area (Å²) in [5.41, 5.74) is 2.23. The molecule has 26 heavy (non-hydrogen) atoms. The van der Waals surface area contributed by atoms with Gasteiger partial charge in [0.15, 0.2) is 0 Å². The molecule has 2 heterocycles. The maximum atomic E-state index is 11.6. The van der Waals surface area contributed by atoms with Crippen LogP contribution in [-0.2, 0) is 4.79 Å². The number of piperidine rings is 1. The molecule has 1 fully saturated rings. The van der Waals surface area contributed by atoms with Gasteiger partial charge in [0.25, 0.3) is 0 Å². The van der Waals surface area contributed by atoms with Crippen LogP contribution in [-0.4, -0.2) is 43.3 Å². The maximum Gasteiger partial charge on any atom is 0.307 e. The largest absolute Gasteiger partial charge is 0.497 e. The van der Waals surface area contributed by atoms with Crippen molar-refractivity contribution in [3.05, 3.63) is 45.6 Å². The lowest BCUT2D eigenvalue weighted by atomic mass is 9.93. The van der Waals surface area contributed by atoms with Crippen LogP contribution in [0.4, 0.5) is 0 Å². The molecule has 5 nitrogen and oxygen atoms in total. The molecule has 1 aliphatic heterocycles. The number of carboxylic acids is 1. The van der Waals surface area contributed by atoms with E-state index in [-0.39, 0.29) is 12.0 Å². The van der Waals surface area contributed by atoms with Crippen LogP contribution in [0.3, 0.4) is 0 Å². The third kappa shape index (κ3) is 3.71.